The van der Waals surface area contributed by atoms with Crippen LogP contribution in [0.2, 0.25) is 0 Å². The topological polar surface area (TPSA) is 319 Å². The van der Waals surface area contributed by atoms with Crippen LogP contribution in [0.1, 0.15) is 319 Å². The van der Waals surface area contributed by atoms with Gasteiger partial charge in [0.2, 0.25) is 17.3 Å². The van der Waals surface area contributed by atoms with Crippen LogP contribution < -0.4 is 23.6 Å². The zero-order valence-corrected chi connectivity index (χ0v) is 97.5. The smallest absolute Gasteiger partial charge is 0.264 e. The van der Waals surface area contributed by atoms with Crippen molar-refractivity contribution in [1.29, 1.82) is 0 Å². The fourth-order valence-corrected chi connectivity index (χ4v) is 14.3. The molecule has 12 aromatic rings. The van der Waals surface area contributed by atoms with Gasteiger partial charge in [-0.1, -0.05) is 359 Å². The number of para-hydroxylation sites is 2. The first kappa shape index (κ1) is 155. The summed E-state index contributed by atoms with van der Waals surface area (Å²) in [6.07, 6.45) is 4.28. The summed E-state index contributed by atoms with van der Waals surface area (Å²) in [7, 11) is -15.2. The van der Waals surface area contributed by atoms with E-state index in [1.807, 2.05) is 249 Å². The van der Waals surface area contributed by atoms with Crippen molar-refractivity contribution >= 4 is 86.0 Å². The third-order valence-electron chi connectivity index (χ3n) is 15.2. The standard InChI is InChI=1S/2C21H20N2O3S.C18H14N2O4S.C18H14N2O3S.16C2H6.2CH3.2Yb/c1-14-6-9-17(10-7-14)27(25,26)23-19-11-8-15(2)13-18(19)21(24)20-16(3)5-4-12-22-20;1-14-7-10-17(11-8-14)27(25,26)23-19-12-9-15(2)13-18(19)21(24)20-6-4-5-16(3)22-20;21-18(17-12-6-7-13-20(17)22)15-10-4-5-11-16(15)19-25(23,24)14-8-2-1-3-9-14;21-18(17-12-6-7-13-19-17)15-10-4-5-11-16(15)20-24(22,23)14-8-2-1-3-9-14;16*1-2;;;;/h2*4-13,23H,1-3H3;1-13,19H;1-13,20H;16*1-2H3;2*1H3;;/q;;;;;;;;;;;;;;;;;;;;2*-1;;. The van der Waals surface area contributed by atoms with Gasteiger partial charge in [0.1, 0.15) is 17.1 Å². The fourth-order valence-electron chi connectivity index (χ4n) is 9.89. The molecule has 0 atom stereocenters. The molecule has 4 aromatic heterocycles. The number of carbonyl (C=O) groups is 4. The minimum absolute atomic E-state index is 0. The Kier molecular flexibility index (Phi) is 106. The van der Waals surface area contributed by atoms with E-state index in [1.165, 1.54) is 85.2 Å². The average molecular weight is 2310 g/mol. The second kappa shape index (κ2) is 95.1. The molecule has 0 saturated heterocycles. The van der Waals surface area contributed by atoms with E-state index in [0.29, 0.717) is 10.4 Å². The van der Waals surface area contributed by atoms with Crippen molar-refractivity contribution in [2.24, 2.45) is 0 Å². The molecule has 0 unspecified atom stereocenters. The minimum Gasteiger partial charge on any atom is -0.618 e. The van der Waals surface area contributed by atoms with E-state index in [1.54, 1.807) is 208 Å². The molecule has 0 spiro atoms. The number of hydrogen-bond donors (Lipinski definition) is 4. The van der Waals surface area contributed by atoms with Crippen molar-refractivity contribution < 1.29 is 151 Å². The van der Waals surface area contributed by atoms with Gasteiger partial charge in [-0.15, -0.1) is 0 Å². The summed E-state index contributed by atoms with van der Waals surface area (Å²) in [5.41, 5.74) is 7.50. The zero-order valence-electron chi connectivity index (χ0n) is 90.8. The van der Waals surface area contributed by atoms with Gasteiger partial charge in [0.05, 0.1) is 47.9 Å². The molecule has 21 nitrogen and oxygen atoms in total. The molecule has 4 N–H and O–H groups in total. The number of carbonyl (C=O) groups excluding carboxylic acids is 4. The third kappa shape index (κ3) is 56.9. The van der Waals surface area contributed by atoms with Crippen LogP contribution in [0.15, 0.2) is 299 Å². The second-order valence-electron chi connectivity index (χ2n) is 23.1. The predicted molar refractivity (Wildman–Crippen MR) is 589 cm³/mol. The average Bonchev–Trinajstić information content (AvgIpc) is 0.804. The van der Waals surface area contributed by atoms with Crippen LogP contribution in [0.3, 0.4) is 0 Å². The second-order valence-corrected chi connectivity index (χ2v) is 29.9. The monoisotopic (exact) mass is 2310 g/mol. The van der Waals surface area contributed by atoms with Crippen molar-refractivity contribution in [2.75, 3.05) is 18.9 Å². The van der Waals surface area contributed by atoms with Crippen LogP contribution in [0, 0.1) is 155 Å². The molecule has 4 heterocycles. The Morgan fingerprint density at radius 1 is 0.266 bits per heavy atom. The maximum Gasteiger partial charge on any atom is 0.264 e. The van der Waals surface area contributed by atoms with E-state index in [2.05, 4.69) is 33.8 Å². The number of hydrogen-bond acceptors (Lipinski definition) is 16. The number of ketones is 4. The summed E-state index contributed by atoms with van der Waals surface area (Å²) < 4.78 is 111. The minimum atomic E-state index is -3.85. The first-order valence-corrected chi connectivity index (χ1v) is 53.4. The van der Waals surface area contributed by atoms with Gasteiger partial charge in [0, 0.05) is 141 Å². The van der Waals surface area contributed by atoms with Gasteiger partial charge < -0.3 is 20.1 Å². The fraction of sp³-hybridized carbons (Fsp3) is 0.339. The molecule has 27 heteroatoms. The summed E-state index contributed by atoms with van der Waals surface area (Å²) in [4.78, 5) is 64.1. The Bertz CT molecular complexity index is 5590. The quantitative estimate of drug-likeness (QED) is 0.0238. The summed E-state index contributed by atoms with van der Waals surface area (Å²) in [6, 6.07) is 69.8. The number of nitrogens with zero attached hydrogens (tertiary/aromatic N) is 4. The molecule has 0 bridgehead atoms. The van der Waals surface area contributed by atoms with Gasteiger partial charge in [0.25, 0.3) is 51.6 Å². The molecule has 0 saturated carbocycles. The molecule has 0 fully saturated rings. The van der Waals surface area contributed by atoms with Crippen LogP contribution in [0.4, 0.5) is 22.7 Å². The molecular weight excluding hydrogens is 2140 g/mol. The molecule has 790 valence electrons. The summed E-state index contributed by atoms with van der Waals surface area (Å²) >= 11 is 0. The Morgan fingerprint density at radius 2 is 0.554 bits per heavy atom. The zero-order chi connectivity index (χ0) is 106. The molecule has 12 rings (SSSR count). The van der Waals surface area contributed by atoms with Crippen LogP contribution in [0.25, 0.3) is 0 Å². The van der Waals surface area contributed by atoms with Crippen LogP contribution in [-0.2, 0) is 40.1 Å². The Labute approximate surface area is 921 Å². The Hall–Kier alpha value is -9.12. The normalized spacial score (nSPS) is 8.94. The SMILES string of the molecule is CC.CC.CC.CC.CC.CC.CC.CC.CC.CC.CC.CC.CC.CC.CC.CC.Cc1ccc(S(=O)(=O)Nc2ccc(C)cc2C(=O)c2cccc(C)n2)cc1.Cc1ccc(S(=O)(=O)Nc2ccc(C)cc2C(=O)c2ncccc2C)cc1.O=C(c1ccccc1NS(=O)(=O)c1ccccc1)c1cccc[n+]1[O-].O=C(c1ccccn1)c1ccccc1NS(=O)(=O)c1ccccc1.[CH3-].[CH3-].[Yb].[Yb]. The van der Waals surface area contributed by atoms with Crippen LogP contribution >= 0.6 is 0 Å². The Balaban J connectivity index is -0.000000139. The van der Waals surface area contributed by atoms with Crippen molar-refractivity contribution in [1.82, 2.24) is 15.0 Å². The van der Waals surface area contributed by atoms with E-state index in [0.717, 1.165) is 33.5 Å². The molecule has 0 aliphatic rings. The number of sulfonamides is 4. The number of nitrogens with one attached hydrogen (secondary N) is 4. The molecule has 0 radical (unpaired) electrons. The van der Waals surface area contributed by atoms with Gasteiger partial charge in [-0.25, -0.2) is 38.7 Å². The van der Waals surface area contributed by atoms with Crippen molar-refractivity contribution in [2.45, 2.75) is 283 Å². The van der Waals surface area contributed by atoms with Gasteiger partial charge in [-0.3, -0.25) is 48.0 Å². The summed E-state index contributed by atoms with van der Waals surface area (Å²) in [5, 5.41) is 11.8. The van der Waals surface area contributed by atoms with E-state index in [9.17, 15) is 58.1 Å². The van der Waals surface area contributed by atoms with Crippen LogP contribution in [-0.4, -0.2) is 71.8 Å². The third-order valence-corrected chi connectivity index (χ3v) is 20.8. The van der Waals surface area contributed by atoms with Gasteiger partial charge in [-0.05, 0) is 181 Å². The first-order chi connectivity index (χ1) is 65.1. The van der Waals surface area contributed by atoms with E-state index in [-0.39, 0.29) is 208 Å². The predicted octanol–water partition coefficient (Wildman–Crippen LogP) is 30.9. The maximum atomic E-state index is 13.0. The summed E-state index contributed by atoms with van der Waals surface area (Å²) in [5.74, 6) is -1.56. The number of pyridine rings is 4. The number of rotatable bonds is 20. The number of anilines is 4. The van der Waals surface area contributed by atoms with Crippen molar-refractivity contribution in [3.8, 4) is 0 Å². The van der Waals surface area contributed by atoms with Gasteiger partial charge in [-0.2, -0.15) is 4.73 Å². The molecule has 0 amide bonds. The molecule has 0 aliphatic carbocycles. The van der Waals surface area contributed by atoms with E-state index < -0.39 is 45.9 Å². The molecule has 8 aromatic carbocycles. The Morgan fingerprint density at radius 3 is 0.892 bits per heavy atom. The van der Waals surface area contributed by atoms with E-state index in [4.69, 9.17) is 0 Å². The van der Waals surface area contributed by atoms with Gasteiger partial charge in [0.15, 0.2) is 6.20 Å². The molecular formula is C112H170N8O13S4Yb2-2. The number of aryl methyl sites for hydroxylation is 6. The van der Waals surface area contributed by atoms with Gasteiger partial charge >= 0.3 is 0 Å². The van der Waals surface area contributed by atoms with Crippen molar-refractivity contribution in [3.05, 3.63) is 378 Å². The summed E-state index contributed by atoms with van der Waals surface area (Å²) in [6.45, 7) is 75.1. The number of benzene rings is 8. The van der Waals surface area contributed by atoms with E-state index >= 15 is 0 Å². The largest absolute Gasteiger partial charge is 0.618 e. The molecule has 0 aliphatic heterocycles. The first-order valence-electron chi connectivity index (χ1n) is 47.5. The maximum absolute atomic E-state index is 13.0. The number of aromatic nitrogens is 4. The van der Waals surface area contributed by atoms with Crippen molar-refractivity contribution in [3.63, 3.8) is 0 Å². The molecule has 139 heavy (non-hydrogen) atoms. The van der Waals surface area contributed by atoms with Crippen LogP contribution in [0.5, 0.6) is 0 Å².